The van der Waals surface area contributed by atoms with Gasteiger partial charge in [-0.2, -0.15) is 11.8 Å². The maximum atomic E-state index is 9.58. The van der Waals surface area contributed by atoms with Crippen molar-refractivity contribution in [1.82, 2.24) is 9.55 Å². The van der Waals surface area contributed by atoms with Gasteiger partial charge in [0.25, 0.3) is 0 Å². The average molecular weight is 293 g/mol. The first-order valence-electron chi connectivity index (χ1n) is 6.99. The molecule has 0 aliphatic carbocycles. The van der Waals surface area contributed by atoms with E-state index < -0.39 is 0 Å². The van der Waals surface area contributed by atoms with E-state index in [9.17, 15) is 5.11 Å². The number of aliphatic hydroxyl groups is 1. The molecule has 1 aromatic carbocycles. The van der Waals surface area contributed by atoms with Crippen molar-refractivity contribution in [2.75, 3.05) is 12.0 Å². The van der Waals surface area contributed by atoms with Gasteiger partial charge in [0.2, 0.25) is 0 Å². The SMILES string of the molecule is CCC(CC)(Cn1c(CO)nc2cc(N)ccc21)SC. The quantitative estimate of drug-likeness (QED) is 0.804. The molecule has 20 heavy (non-hydrogen) atoms. The predicted octanol–water partition coefficient (Wildman–Crippen LogP) is 3.03. The van der Waals surface area contributed by atoms with Gasteiger partial charge in [0.05, 0.1) is 11.0 Å². The molecular weight excluding hydrogens is 270 g/mol. The minimum absolute atomic E-state index is 0.0491. The van der Waals surface area contributed by atoms with Gasteiger partial charge in [-0.1, -0.05) is 13.8 Å². The lowest BCUT2D eigenvalue weighted by Gasteiger charge is -2.31. The zero-order chi connectivity index (χ0) is 14.8. The number of hydrogen-bond acceptors (Lipinski definition) is 4. The molecule has 0 bridgehead atoms. The van der Waals surface area contributed by atoms with Crippen molar-refractivity contribution in [3.63, 3.8) is 0 Å². The topological polar surface area (TPSA) is 64.1 Å². The molecule has 0 saturated carbocycles. The van der Waals surface area contributed by atoms with Crippen LogP contribution in [0.5, 0.6) is 0 Å². The molecule has 0 spiro atoms. The number of thioether (sulfide) groups is 1. The van der Waals surface area contributed by atoms with Gasteiger partial charge < -0.3 is 15.4 Å². The van der Waals surface area contributed by atoms with Crippen molar-refractivity contribution in [2.45, 2.75) is 44.6 Å². The van der Waals surface area contributed by atoms with E-state index in [0.29, 0.717) is 11.5 Å². The predicted molar refractivity (Wildman–Crippen MR) is 86.9 cm³/mol. The summed E-state index contributed by atoms with van der Waals surface area (Å²) in [5.41, 5.74) is 8.42. The van der Waals surface area contributed by atoms with Crippen LogP contribution in [0, 0.1) is 0 Å². The van der Waals surface area contributed by atoms with Crippen LogP contribution in [0.15, 0.2) is 18.2 Å². The smallest absolute Gasteiger partial charge is 0.135 e. The van der Waals surface area contributed by atoms with E-state index in [4.69, 9.17) is 5.73 Å². The van der Waals surface area contributed by atoms with Crippen molar-refractivity contribution < 1.29 is 5.11 Å². The molecule has 5 heteroatoms. The van der Waals surface area contributed by atoms with Crippen LogP contribution in [0.2, 0.25) is 0 Å². The Morgan fingerprint density at radius 2 is 2.05 bits per heavy atom. The van der Waals surface area contributed by atoms with Gasteiger partial charge in [-0.3, -0.25) is 0 Å². The first-order valence-corrected chi connectivity index (χ1v) is 8.22. The standard InChI is InChI=1S/C15H23N3OS/c1-4-15(5-2,20-3)10-18-13-7-6-11(16)8-12(13)17-14(18)9-19/h6-8,19H,4-5,9-10,16H2,1-3H3. The van der Waals surface area contributed by atoms with Gasteiger partial charge in [0, 0.05) is 17.0 Å². The lowest BCUT2D eigenvalue weighted by molar-refractivity contribution is 0.263. The molecule has 0 aliphatic rings. The Kier molecular flexibility index (Phi) is 4.60. The van der Waals surface area contributed by atoms with E-state index in [1.807, 2.05) is 30.0 Å². The van der Waals surface area contributed by atoms with E-state index >= 15 is 0 Å². The zero-order valence-corrected chi connectivity index (χ0v) is 13.2. The molecule has 0 amide bonds. The number of nitrogen functional groups attached to an aromatic ring is 1. The summed E-state index contributed by atoms with van der Waals surface area (Å²) < 4.78 is 2.32. The van der Waals surface area contributed by atoms with E-state index in [1.165, 1.54) is 0 Å². The van der Waals surface area contributed by atoms with Crippen LogP contribution in [-0.4, -0.2) is 25.7 Å². The van der Waals surface area contributed by atoms with Crippen molar-refractivity contribution in [1.29, 1.82) is 0 Å². The molecule has 1 heterocycles. The highest BCUT2D eigenvalue weighted by Crippen LogP contribution is 2.34. The number of nitrogens with zero attached hydrogens (tertiary/aromatic N) is 2. The lowest BCUT2D eigenvalue weighted by Crippen LogP contribution is -2.29. The van der Waals surface area contributed by atoms with Gasteiger partial charge in [0.1, 0.15) is 12.4 Å². The van der Waals surface area contributed by atoms with Crippen LogP contribution < -0.4 is 5.73 Å². The fourth-order valence-corrected chi connectivity index (χ4v) is 3.44. The summed E-state index contributed by atoms with van der Waals surface area (Å²) in [4.78, 5) is 4.50. The summed E-state index contributed by atoms with van der Waals surface area (Å²) in [6, 6.07) is 5.75. The van der Waals surface area contributed by atoms with E-state index in [-0.39, 0.29) is 11.4 Å². The highest BCUT2D eigenvalue weighted by atomic mass is 32.2. The van der Waals surface area contributed by atoms with Crippen LogP contribution in [0.3, 0.4) is 0 Å². The molecule has 3 N–H and O–H groups in total. The molecule has 1 aromatic heterocycles. The number of anilines is 1. The number of hydrogen-bond donors (Lipinski definition) is 2. The number of nitrogens with two attached hydrogens (primary N) is 1. The van der Waals surface area contributed by atoms with Gasteiger partial charge in [0.15, 0.2) is 0 Å². The van der Waals surface area contributed by atoms with E-state index in [0.717, 1.165) is 30.4 Å². The molecule has 110 valence electrons. The highest BCUT2D eigenvalue weighted by Gasteiger charge is 2.27. The maximum absolute atomic E-state index is 9.58. The first kappa shape index (κ1) is 15.2. The largest absolute Gasteiger partial charge is 0.399 e. The van der Waals surface area contributed by atoms with Crippen molar-refractivity contribution >= 4 is 28.5 Å². The molecule has 2 rings (SSSR count). The molecule has 4 nitrogen and oxygen atoms in total. The summed E-state index contributed by atoms with van der Waals surface area (Å²) in [5, 5.41) is 9.58. The molecule has 0 aliphatic heterocycles. The number of aromatic nitrogens is 2. The summed E-state index contributed by atoms with van der Waals surface area (Å²) in [5.74, 6) is 0.714. The summed E-state index contributed by atoms with van der Waals surface area (Å²) in [7, 11) is 0. The third kappa shape index (κ3) is 2.65. The van der Waals surface area contributed by atoms with Gasteiger partial charge in [-0.05, 0) is 37.3 Å². The number of fused-ring (bicyclic) bond motifs is 1. The van der Waals surface area contributed by atoms with Gasteiger partial charge >= 0.3 is 0 Å². The molecule has 0 radical (unpaired) electrons. The Morgan fingerprint density at radius 1 is 1.35 bits per heavy atom. The monoisotopic (exact) mass is 293 g/mol. The van der Waals surface area contributed by atoms with E-state index in [2.05, 4.69) is 29.7 Å². The molecule has 2 aromatic rings. The second kappa shape index (κ2) is 6.06. The van der Waals surface area contributed by atoms with Gasteiger partial charge in [-0.25, -0.2) is 4.98 Å². The van der Waals surface area contributed by atoms with Crippen LogP contribution in [0.25, 0.3) is 11.0 Å². The Hall–Kier alpha value is -1.20. The molecular formula is C15H23N3OS. The van der Waals surface area contributed by atoms with Gasteiger partial charge in [-0.15, -0.1) is 0 Å². The average Bonchev–Trinajstić information content (AvgIpc) is 2.81. The zero-order valence-electron chi connectivity index (χ0n) is 12.4. The Labute approximate surface area is 124 Å². The number of imidazole rings is 1. The molecule has 0 fully saturated rings. The summed E-state index contributed by atoms with van der Waals surface area (Å²) >= 11 is 1.89. The van der Waals surface area contributed by atoms with Crippen LogP contribution in [-0.2, 0) is 13.2 Å². The number of aliphatic hydroxyl groups excluding tert-OH is 1. The summed E-state index contributed by atoms with van der Waals surface area (Å²) in [6.45, 7) is 5.25. The third-order valence-electron chi connectivity index (χ3n) is 4.16. The van der Waals surface area contributed by atoms with Crippen LogP contribution in [0.1, 0.15) is 32.5 Å². The Morgan fingerprint density at radius 3 is 2.60 bits per heavy atom. The molecule has 0 atom stereocenters. The Balaban J connectivity index is 2.52. The third-order valence-corrected chi connectivity index (χ3v) is 5.73. The van der Waals surface area contributed by atoms with Crippen molar-refractivity contribution in [3.8, 4) is 0 Å². The fourth-order valence-electron chi connectivity index (χ4n) is 2.61. The van der Waals surface area contributed by atoms with Crippen LogP contribution in [0.4, 0.5) is 5.69 Å². The minimum atomic E-state index is -0.0491. The van der Waals surface area contributed by atoms with E-state index in [1.54, 1.807) is 0 Å². The first-order chi connectivity index (χ1) is 9.59. The highest BCUT2D eigenvalue weighted by molar-refractivity contribution is 8.00. The maximum Gasteiger partial charge on any atom is 0.135 e. The number of rotatable bonds is 6. The number of benzene rings is 1. The minimum Gasteiger partial charge on any atom is -0.399 e. The summed E-state index contributed by atoms with van der Waals surface area (Å²) in [6.07, 6.45) is 4.33. The lowest BCUT2D eigenvalue weighted by atomic mass is 10.0. The molecule has 0 unspecified atom stereocenters. The second-order valence-electron chi connectivity index (χ2n) is 5.11. The fraction of sp³-hybridized carbons (Fsp3) is 0.533. The Bertz CT molecular complexity index is 582. The van der Waals surface area contributed by atoms with Crippen LogP contribution >= 0.6 is 11.8 Å². The van der Waals surface area contributed by atoms with Crippen molar-refractivity contribution in [2.24, 2.45) is 0 Å². The second-order valence-corrected chi connectivity index (χ2v) is 6.39. The normalized spacial score (nSPS) is 12.2. The molecule has 0 saturated heterocycles. The van der Waals surface area contributed by atoms with Crippen molar-refractivity contribution in [3.05, 3.63) is 24.0 Å².